The van der Waals surface area contributed by atoms with Crippen LogP contribution in [0.2, 0.25) is 0 Å². The third-order valence-electron chi connectivity index (χ3n) is 2.03. The van der Waals surface area contributed by atoms with Crippen molar-refractivity contribution in [1.29, 1.82) is 0 Å². The molecule has 5 atom stereocenters. The maximum atomic E-state index is 9.25. The first-order valence-electron chi connectivity index (χ1n) is 3.71. The minimum atomic E-state index is -1.24. The molecule has 0 aromatic carbocycles. The van der Waals surface area contributed by atoms with Crippen LogP contribution in [0.4, 0.5) is 0 Å². The SMILES string of the molecule is [NH3+]C1C(O)[C@H](O)C(CO)O[C@H]1O. The Morgan fingerprint density at radius 3 is 2.25 bits per heavy atom. The topological polar surface area (TPSA) is 118 Å². The summed E-state index contributed by atoms with van der Waals surface area (Å²) in [6.07, 6.45) is -4.53. The number of rotatable bonds is 1. The van der Waals surface area contributed by atoms with E-state index >= 15 is 0 Å². The lowest BCUT2D eigenvalue weighted by Crippen LogP contribution is -2.77. The summed E-state index contributed by atoms with van der Waals surface area (Å²) >= 11 is 0. The van der Waals surface area contributed by atoms with Gasteiger partial charge in [0, 0.05) is 0 Å². The predicted octanol–water partition coefficient (Wildman–Crippen LogP) is -3.97. The molecule has 0 aliphatic carbocycles. The first kappa shape index (κ1) is 9.85. The minimum Gasteiger partial charge on any atom is -0.394 e. The van der Waals surface area contributed by atoms with E-state index in [-0.39, 0.29) is 0 Å². The van der Waals surface area contributed by atoms with Gasteiger partial charge in [-0.3, -0.25) is 0 Å². The van der Waals surface area contributed by atoms with Gasteiger partial charge in [-0.2, -0.15) is 0 Å². The zero-order chi connectivity index (χ0) is 9.30. The molecule has 12 heavy (non-hydrogen) atoms. The van der Waals surface area contributed by atoms with Crippen LogP contribution in [0.5, 0.6) is 0 Å². The van der Waals surface area contributed by atoms with Crippen molar-refractivity contribution in [1.82, 2.24) is 0 Å². The summed E-state index contributed by atoms with van der Waals surface area (Å²) in [4.78, 5) is 0. The highest BCUT2D eigenvalue weighted by molar-refractivity contribution is 4.87. The van der Waals surface area contributed by atoms with E-state index < -0.39 is 37.3 Å². The molecule has 0 bridgehead atoms. The van der Waals surface area contributed by atoms with Crippen LogP contribution < -0.4 is 5.73 Å². The van der Waals surface area contributed by atoms with Crippen LogP contribution in [0.1, 0.15) is 0 Å². The van der Waals surface area contributed by atoms with E-state index in [4.69, 9.17) is 14.9 Å². The van der Waals surface area contributed by atoms with Crippen LogP contribution in [-0.4, -0.2) is 57.7 Å². The number of hydrogen-bond donors (Lipinski definition) is 5. The van der Waals surface area contributed by atoms with E-state index in [9.17, 15) is 10.2 Å². The van der Waals surface area contributed by atoms with Crippen LogP contribution >= 0.6 is 0 Å². The Morgan fingerprint density at radius 1 is 1.17 bits per heavy atom. The monoisotopic (exact) mass is 180 g/mol. The van der Waals surface area contributed by atoms with Gasteiger partial charge in [0.05, 0.1) is 6.61 Å². The molecule has 0 radical (unpaired) electrons. The fourth-order valence-electron chi connectivity index (χ4n) is 1.15. The number of aliphatic hydroxyl groups is 4. The molecule has 0 spiro atoms. The molecular weight excluding hydrogens is 166 g/mol. The molecule has 1 heterocycles. The van der Waals surface area contributed by atoms with Gasteiger partial charge in [-0.15, -0.1) is 0 Å². The van der Waals surface area contributed by atoms with Crippen molar-refractivity contribution < 1.29 is 30.9 Å². The normalized spacial score (nSPS) is 49.2. The first-order chi connectivity index (χ1) is 5.57. The van der Waals surface area contributed by atoms with Gasteiger partial charge in [-0.1, -0.05) is 0 Å². The van der Waals surface area contributed by atoms with Crippen molar-refractivity contribution >= 4 is 0 Å². The van der Waals surface area contributed by atoms with Crippen molar-refractivity contribution in [2.45, 2.75) is 30.6 Å². The number of ether oxygens (including phenoxy) is 1. The van der Waals surface area contributed by atoms with Crippen LogP contribution in [0.15, 0.2) is 0 Å². The van der Waals surface area contributed by atoms with Gasteiger partial charge in [0.15, 0.2) is 6.04 Å². The number of hydrogen-bond acceptors (Lipinski definition) is 5. The second-order valence-corrected chi connectivity index (χ2v) is 2.89. The fraction of sp³-hybridized carbons (Fsp3) is 1.00. The zero-order valence-electron chi connectivity index (χ0n) is 6.50. The molecular formula is C6H14NO5+. The molecule has 7 N–H and O–H groups in total. The van der Waals surface area contributed by atoms with E-state index in [1.165, 1.54) is 0 Å². The maximum Gasteiger partial charge on any atom is 0.211 e. The summed E-state index contributed by atoms with van der Waals surface area (Å²) in [5.74, 6) is 0. The van der Waals surface area contributed by atoms with E-state index in [1.807, 2.05) is 0 Å². The summed E-state index contributed by atoms with van der Waals surface area (Å²) in [6, 6.07) is -0.789. The summed E-state index contributed by atoms with van der Waals surface area (Å²) < 4.78 is 4.76. The molecule has 0 aromatic rings. The van der Waals surface area contributed by atoms with E-state index in [0.29, 0.717) is 0 Å². The molecule has 1 fully saturated rings. The van der Waals surface area contributed by atoms with E-state index in [0.717, 1.165) is 0 Å². The zero-order valence-corrected chi connectivity index (χ0v) is 6.50. The van der Waals surface area contributed by atoms with Crippen LogP contribution in [-0.2, 0) is 4.74 Å². The summed E-state index contributed by atoms with van der Waals surface area (Å²) in [7, 11) is 0. The van der Waals surface area contributed by atoms with E-state index in [1.54, 1.807) is 0 Å². The predicted molar refractivity (Wildman–Crippen MR) is 36.7 cm³/mol. The lowest BCUT2D eigenvalue weighted by molar-refractivity contribution is -0.497. The summed E-state index contributed by atoms with van der Waals surface area (Å²) in [5, 5.41) is 36.3. The van der Waals surface area contributed by atoms with Gasteiger partial charge in [0.2, 0.25) is 6.29 Å². The molecule has 1 rings (SSSR count). The Morgan fingerprint density at radius 2 is 1.75 bits per heavy atom. The number of quaternary nitrogens is 1. The Kier molecular flexibility index (Phi) is 2.99. The quantitative estimate of drug-likeness (QED) is 0.282. The van der Waals surface area contributed by atoms with Gasteiger partial charge in [0.1, 0.15) is 18.3 Å². The maximum absolute atomic E-state index is 9.25. The molecule has 1 aliphatic rings. The van der Waals surface area contributed by atoms with Crippen molar-refractivity contribution in [3.63, 3.8) is 0 Å². The molecule has 0 aromatic heterocycles. The Balaban J connectivity index is 2.63. The molecule has 1 saturated heterocycles. The smallest absolute Gasteiger partial charge is 0.211 e. The van der Waals surface area contributed by atoms with Crippen molar-refractivity contribution in [2.24, 2.45) is 0 Å². The van der Waals surface area contributed by atoms with Crippen molar-refractivity contribution in [3.8, 4) is 0 Å². The average molecular weight is 180 g/mol. The Bertz CT molecular complexity index is 150. The van der Waals surface area contributed by atoms with Crippen LogP contribution in [0.3, 0.4) is 0 Å². The van der Waals surface area contributed by atoms with Gasteiger partial charge >= 0.3 is 0 Å². The van der Waals surface area contributed by atoms with Gasteiger partial charge in [0.25, 0.3) is 0 Å². The third-order valence-corrected chi connectivity index (χ3v) is 2.03. The van der Waals surface area contributed by atoms with Crippen LogP contribution in [0.25, 0.3) is 0 Å². The van der Waals surface area contributed by atoms with Crippen LogP contribution in [0, 0.1) is 0 Å². The molecule has 0 saturated carbocycles. The van der Waals surface area contributed by atoms with Crippen molar-refractivity contribution in [2.75, 3.05) is 6.61 Å². The van der Waals surface area contributed by atoms with Gasteiger partial charge < -0.3 is 30.9 Å². The first-order valence-corrected chi connectivity index (χ1v) is 3.71. The van der Waals surface area contributed by atoms with Gasteiger partial charge in [-0.25, -0.2) is 0 Å². The standard InChI is InChI=1S/C6H13NO5/c7-3-5(10)4(9)2(1-8)12-6(3)11/h2-6,8-11H,1,7H2/p+1/t2?,3?,4-,5?,6-/m1/s1. The molecule has 72 valence electrons. The van der Waals surface area contributed by atoms with Gasteiger partial charge in [-0.05, 0) is 0 Å². The largest absolute Gasteiger partial charge is 0.394 e. The molecule has 1 aliphatic heterocycles. The highest BCUT2D eigenvalue weighted by Gasteiger charge is 2.43. The fourth-order valence-corrected chi connectivity index (χ4v) is 1.15. The molecule has 6 nitrogen and oxygen atoms in total. The Hall–Kier alpha value is -0.240. The molecule has 0 amide bonds. The average Bonchev–Trinajstić information content (AvgIpc) is 2.08. The minimum absolute atomic E-state index is 0.442. The van der Waals surface area contributed by atoms with E-state index in [2.05, 4.69) is 5.73 Å². The Labute approximate surface area is 69.2 Å². The lowest BCUT2D eigenvalue weighted by atomic mass is 9.98. The highest BCUT2D eigenvalue weighted by Crippen LogP contribution is 2.16. The third kappa shape index (κ3) is 1.58. The second-order valence-electron chi connectivity index (χ2n) is 2.89. The second kappa shape index (κ2) is 3.65. The summed E-state index contributed by atoms with van der Waals surface area (Å²) in [6.45, 7) is -0.442. The lowest BCUT2D eigenvalue weighted by Gasteiger charge is -2.36. The molecule has 3 unspecified atom stereocenters. The molecule has 6 heteroatoms. The van der Waals surface area contributed by atoms with Crippen molar-refractivity contribution in [3.05, 3.63) is 0 Å². The summed E-state index contributed by atoms with van der Waals surface area (Å²) in [5.41, 5.74) is 3.41. The number of aliphatic hydroxyl groups excluding tert-OH is 4. The highest BCUT2D eigenvalue weighted by atomic mass is 16.6.